The van der Waals surface area contributed by atoms with Crippen molar-refractivity contribution in [2.45, 2.75) is 18.7 Å². The number of rotatable bonds is 5. The minimum Gasteiger partial charge on any atom is -0.495 e. The van der Waals surface area contributed by atoms with Crippen LogP contribution in [0.5, 0.6) is 5.75 Å². The Morgan fingerprint density at radius 3 is 2.54 bits per heavy atom. The highest BCUT2D eigenvalue weighted by atomic mass is 32.2. The molecule has 0 aromatic heterocycles. The second kappa shape index (κ2) is 7.78. The van der Waals surface area contributed by atoms with Gasteiger partial charge in [0.2, 0.25) is 15.9 Å². The van der Waals surface area contributed by atoms with Crippen LogP contribution in [0, 0.1) is 0 Å². The van der Waals surface area contributed by atoms with Gasteiger partial charge in [-0.25, -0.2) is 8.42 Å². The highest BCUT2D eigenvalue weighted by Crippen LogP contribution is 2.30. The van der Waals surface area contributed by atoms with E-state index in [2.05, 4.69) is 5.32 Å². The summed E-state index contributed by atoms with van der Waals surface area (Å²) < 4.78 is 37.4. The summed E-state index contributed by atoms with van der Waals surface area (Å²) in [6.07, 6.45) is 1.44. The van der Waals surface area contributed by atoms with E-state index in [0.717, 1.165) is 5.57 Å². The maximum atomic E-state index is 12.8. The maximum Gasteiger partial charge on any atom is 0.248 e. The van der Waals surface area contributed by atoms with Gasteiger partial charge in [0.05, 0.1) is 20.3 Å². The third-order valence-electron chi connectivity index (χ3n) is 3.44. The van der Waals surface area contributed by atoms with E-state index < -0.39 is 10.0 Å². The monoisotopic (exact) mass is 354 g/mol. The van der Waals surface area contributed by atoms with Crippen LogP contribution >= 0.6 is 0 Å². The Hall–Kier alpha value is -1.90. The quantitative estimate of drug-likeness (QED) is 0.812. The first-order chi connectivity index (χ1) is 11.3. The second-order valence-electron chi connectivity index (χ2n) is 5.59. The van der Waals surface area contributed by atoms with Crippen LogP contribution in [0.1, 0.15) is 13.8 Å². The number of ether oxygens (including phenoxy) is 2. The zero-order valence-corrected chi connectivity index (χ0v) is 14.9. The van der Waals surface area contributed by atoms with Gasteiger partial charge < -0.3 is 14.8 Å². The zero-order chi connectivity index (χ0) is 17.7. The normalized spacial score (nSPS) is 15.6. The highest BCUT2D eigenvalue weighted by molar-refractivity contribution is 7.89. The first kappa shape index (κ1) is 18.4. The summed E-state index contributed by atoms with van der Waals surface area (Å²) in [6, 6.07) is 4.56. The summed E-state index contributed by atoms with van der Waals surface area (Å²) in [5.74, 6) is -0.0726. The topological polar surface area (TPSA) is 84.9 Å². The van der Waals surface area contributed by atoms with Gasteiger partial charge in [0.25, 0.3) is 0 Å². The van der Waals surface area contributed by atoms with Gasteiger partial charge in [-0.3, -0.25) is 4.79 Å². The molecule has 1 fully saturated rings. The Kier molecular flexibility index (Phi) is 5.98. The molecule has 0 saturated carbocycles. The fourth-order valence-electron chi connectivity index (χ4n) is 2.32. The van der Waals surface area contributed by atoms with Gasteiger partial charge in [-0.05, 0) is 32.0 Å². The molecular formula is C16H22N2O5S. The average Bonchev–Trinajstić information content (AvgIpc) is 2.54. The lowest BCUT2D eigenvalue weighted by Gasteiger charge is -2.26. The fraction of sp³-hybridized carbons (Fsp3) is 0.438. The molecule has 2 rings (SSSR count). The summed E-state index contributed by atoms with van der Waals surface area (Å²) in [6.45, 7) is 4.92. The Morgan fingerprint density at radius 1 is 1.29 bits per heavy atom. The van der Waals surface area contributed by atoms with Crippen LogP contribution < -0.4 is 10.1 Å². The van der Waals surface area contributed by atoms with Gasteiger partial charge in [-0.1, -0.05) is 5.57 Å². The van der Waals surface area contributed by atoms with Crippen molar-refractivity contribution < 1.29 is 22.7 Å². The van der Waals surface area contributed by atoms with Crippen LogP contribution in [0.25, 0.3) is 0 Å². The number of hydrogen-bond acceptors (Lipinski definition) is 5. The number of carbonyl (C=O) groups excluding carboxylic acids is 1. The fourth-order valence-corrected chi connectivity index (χ4v) is 3.91. The van der Waals surface area contributed by atoms with Gasteiger partial charge in [-0.15, -0.1) is 0 Å². The zero-order valence-electron chi connectivity index (χ0n) is 14.0. The Balaban J connectivity index is 2.35. The molecule has 1 N–H and O–H groups in total. The van der Waals surface area contributed by atoms with Crippen LogP contribution in [-0.4, -0.2) is 52.0 Å². The lowest BCUT2D eigenvalue weighted by molar-refractivity contribution is -0.111. The van der Waals surface area contributed by atoms with Crippen molar-refractivity contribution >= 4 is 21.6 Å². The van der Waals surface area contributed by atoms with Crippen LogP contribution in [0.4, 0.5) is 5.69 Å². The first-order valence-corrected chi connectivity index (χ1v) is 9.00. The van der Waals surface area contributed by atoms with Crippen molar-refractivity contribution in [1.29, 1.82) is 0 Å². The molecule has 0 unspecified atom stereocenters. The molecule has 1 aliphatic rings. The van der Waals surface area contributed by atoms with E-state index in [9.17, 15) is 13.2 Å². The maximum absolute atomic E-state index is 12.8. The molecule has 1 aliphatic heterocycles. The van der Waals surface area contributed by atoms with Crippen LogP contribution in [0.15, 0.2) is 34.7 Å². The predicted molar refractivity (Wildman–Crippen MR) is 90.6 cm³/mol. The number of amides is 1. The summed E-state index contributed by atoms with van der Waals surface area (Å²) in [5.41, 5.74) is 1.24. The first-order valence-electron chi connectivity index (χ1n) is 7.56. The molecule has 0 aliphatic carbocycles. The summed E-state index contributed by atoms with van der Waals surface area (Å²) in [7, 11) is -2.31. The van der Waals surface area contributed by atoms with Crippen molar-refractivity contribution in [2.24, 2.45) is 0 Å². The molecule has 0 radical (unpaired) electrons. The van der Waals surface area contributed by atoms with E-state index in [1.165, 1.54) is 29.6 Å². The largest absolute Gasteiger partial charge is 0.495 e. The molecule has 0 atom stereocenters. The molecule has 132 valence electrons. The van der Waals surface area contributed by atoms with E-state index in [1.807, 2.05) is 13.8 Å². The van der Waals surface area contributed by atoms with Crippen molar-refractivity contribution in [3.63, 3.8) is 0 Å². The van der Waals surface area contributed by atoms with Crippen LogP contribution in [0.2, 0.25) is 0 Å². The number of anilines is 1. The smallest absolute Gasteiger partial charge is 0.248 e. The number of morpholine rings is 1. The molecule has 8 heteroatoms. The van der Waals surface area contributed by atoms with Crippen LogP contribution in [-0.2, 0) is 19.6 Å². The van der Waals surface area contributed by atoms with Gasteiger partial charge in [0, 0.05) is 24.9 Å². The number of benzene rings is 1. The molecule has 1 saturated heterocycles. The molecule has 24 heavy (non-hydrogen) atoms. The van der Waals surface area contributed by atoms with Gasteiger partial charge in [-0.2, -0.15) is 4.31 Å². The molecule has 1 aromatic carbocycles. The van der Waals surface area contributed by atoms with E-state index in [-0.39, 0.29) is 16.6 Å². The van der Waals surface area contributed by atoms with Crippen LogP contribution in [0.3, 0.4) is 0 Å². The lowest BCUT2D eigenvalue weighted by Crippen LogP contribution is -2.40. The van der Waals surface area contributed by atoms with E-state index >= 15 is 0 Å². The number of nitrogens with zero attached hydrogens (tertiary/aromatic N) is 1. The standard InChI is InChI=1S/C16H22N2O5S/c1-12(2)10-16(19)17-13-4-5-14(22-3)15(11-13)24(20,21)18-6-8-23-9-7-18/h4-5,10-11H,6-9H2,1-3H3,(H,17,19). The average molecular weight is 354 g/mol. The number of hydrogen-bond donors (Lipinski definition) is 1. The second-order valence-corrected chi connectivity index (χ2v) is 7.50. The van der Waals surface area contributed by atoms with Gasteiger partial charge >= 0.3 is 0 Å². The minimum absolute atomic E-state index is 0.0295. The van der Waals surface area contributed by atoms with Gasteiger partial charge in [0.15, 0.2) is 0 Å². The van der Waals surface area contributed by atoms with Crippen molar-refractivity contribution in [3.8, 4) is 5.75 Å². The number of allylic oxidation sites excluding steroid dienone is 1. The van der Waals surface area contributed by atoms with Crippen molar-refractivity contribution in [3.05, 3.63) is 29.8 Å². The molecule has 0 bridgehead atoms. The Bertz CT molecular complexity index is 733. The van der Waals surface area contributed by atoms with Crippen molar-refractivity contribution in [1.82, 2.24) is 4.31 Å². The third kappa shape index (κ3) is 4.34. The number of carbonyl (C=O) groups is 1. The molecule has 1 heterocycles. The van der Waals surface area contributed by atoms with Crippen molar-refractivity contribution in [2.75, 3.05) is 38.7 Å². The number of nitrogens with one attached hydrogen (secondary N) is 1. The third-order valence-corrected chi connectivity index (χ3v) is 5.36. The number of methoxy groups -OCH3 is 1. The Morgan fingerprint density at radius 2 is 1.96 bits per heavy atom. The summed E-state index contributed by atoms with van der Waals surface area (Å²) in [5, 5.41) is 2.66. The molecule has 7 nitrogen and oxygen atoms in total. The van der Waals surface area contributed by atoms with E-state index in [4.69, 9.17) is 9.47 Å². The number of sulfonamides is 1. The summed E-state index contributed by atoms with van der Waals surface area (Å²) >= 11 is 0. The highest BCUT2D eigenvalue weighted by Gasteiger charge is 2.29. The van der Waals surface area contributed by atoms with Gasteiger partial charge in [0.1, 0.15) is 10.6 Å². The van der Waals surface area contributed by atoms with E-state index in [0.29, 0.717) is 32.0 Å². The Labute approximate surface area is 142 Å². The lowest BCUT2D eigenvalue weighted by atomic mass is 10.2. The summed E-state index contributed by atoms with van der Waals surface area (Å²) in [4.78, 5) is 11.9. The molecule has 1 aromatic rings. The van der Waals surface area contributed by atoms with E-state index in [1.54, 1.807) is 6.07 Å². The minimum atomic E-state index is -3.72. The predicted octanol–water partition coefficient (Wildman–Crippen LogP) is 1.62. The molecule has 1 amide bonds. The SMILES string of the molecule is COc1ccc(NC(=O)C=C(C)C)cc1S(=O)(=O)N1CCOCC1. The molecular weight excluding hydrogens is 332 g/mol. The molecule has 0 spiro atoms.